The lowest BCUT2D eigenvalue weighted by atomic mass is 9.78. The van der Waals surface area contributed by atoms with Gasteiger partial charge in [0.1, 0.15) is 0 Å². The topological polar surface area (TPSA) is 49.6 Å². The number of hydrogen-bond donors (Lipinski definition) is 1. The molecule has 1 saturated heterocycles. The minimum absolute atomic E-state index is 0.105. The summed E-state index contributed by atoms with van der Waals surface area (Å²) in [5, 5.41) is 0. The van der Waals surface area contributed by atoms with Crippen LogP contribution in [0.3, 0.4) is 0 Å². The van der Waals surface area contributed by atoms with Crippen LogP contribution in [0.15, 0.2) is 0 Å². The zero-order chi connectivity index (χ0) is 11.3. The Hall–Kier alpha value is -0.610. The number of rotatable bonds is 2. The standard InChI is InChI=1S/C12H21N3O/c1-14-4-5-15(8-12(14)2-3-12)10-6-9(7-10)11(13)16/h9-10H,2-8H2,1H3,(H2,13,16). The Labute approximate surface area is 96.8 Å². The highest BCUT2D eigenvalue weighted by atomic mass is 16.1. The summed E-state index contributed by atoms with van der Waals surface area (Å²) in [6, 6.07) is 0.628. The maximum Gasteiger partial charge on any atom is 0.220 e. The number of hydrogen-bond acceptors (Lipinski definition) is 3. The van der Waals surface area contributed by atoms with Gasteiger partial charge in [-0.05, 0) is 32.7 Å². The predicted octanol–water partition coefficient (Wildman–Crippen LogP) is 0.0303. The quantitative estimate of drug-likeness (QED) is 0.718. The van der Waals surface area contributed by atoms with Gasteiger partial charge < -0.3 is 5.73 Å². The first-order valence-electron chi connectivity index (χ1n) is 6.35. The molecule has 0 aromatic heterocycles. The van der Waals surface area contributed by atoms with E-state index in [0.29, 0.717) is 11.6 Å². The van der Waals surface area contributed by atoms with Gasteiger partial charge in [0.15, 0.2) is 0 Å². The van der Waals surface area contributed by atoms with Crippen LogP contribution < -0.4 is 5.73 Å². The number of nitrogens with two attached hydrogens (primary N) is 1. The van der Waals surface area contributed by atoms with Crippen LogP contribution in [0.5, 0.6) is 0 Å². The molecule has 2 saturated carbocycles. The second-order valence-electron chi connectivity index (χ2n) is 5.84. The molecule has 3 aliphatic rings. The molecule has 1 aliphatic heterocycles. The zero-order valence-corrected chi connectivity index (χ0v) is 9.98. The van der Waals surface area contributed by atoms with Gasteiger partial charge in [0.05, 0.1) is 0 Å². The van der Waals surface area contributed by atoms with Gasteiger partial charge in [0.2, 0.25) is 5.91 Å². The van der Waals surface area contributed by atoms with E-state index >= 15 is 0 Å². The molecule has 0 aromatic carbocycles. The molecule has 1 heterocycles. The van der Waals surface area contributed by atoms with Gasteiger partial charge in [-0.3, -0.25) is 14.6 Å². The van der Waals surface area contributed by atoms with E-state index < -0.39 is 0 Å². The van der Waals surface area contributed by atoms with E-state index in [1.165, 1.54) is 25.9 Å². The zero-order valence-electron chi connectivity index (χ0n) is 9.98. The molecule has 90 valence electrons. The number of carbonyl (C=O) groups is 1. The largest absolute Gasteiger partial charge is 0.369 e. The van der Waals surface area contributed by atoms with E-state index in [9.17, 15) is 4.79 Å². The van der Waals surface area contributed by atoms with E-state index in [-0.39, 0.29) is 11.8 Å². The van der Waals surface area contributed by atoms with Crippen molar-refractivity contribution >= 4 is 5.91 Å². The molecule has 3 rings (SSSR count). The van der Waals surface area contributed by atoms with Crippen LogP contribution in [0.2, 0.25) is 0 Å². The van der Waals surface area contributed by atoms with Crippen molar-refractivity contribution in [3.63, 3.8) is 0 Å². The summed E-state index contributed by atoms with van der Waals surface area (Å²) >= 11 is 0. The maximum absolute atomic E-state index is 11.0. The monoisotopic (exact) mass is 223 g/mol. The highest BCUT2D eigenvalue weighted by Crippen LogP contribution is 2.45. The van der Waals surface area contributed by atoms with Crippen molar-refractivity contribution in [2.24, 2.45) is 11.7 Å². The fraction of sp³-hybridized carbons (Fsp3) is 0.917. The lowest BCUT2D eigenvalue weighted by Gasteiger charge is -2.48. The third-order valence-corrected chi connectivity index (χ3v) is 4.89. The lowest BCUT2D eigenvalue weighted by molar-refractivity contribution is -0.127. The molecule has 0 atom stereocenters. The SMILES string of the molecule is CN1CCN(C2CC(C(N)=O)C2)CC12CC2. The molecule has 3 fully saturated rings. The van der Waals surface area contributed by atoms with E-state index in [1.807, 2.05) is 0 Å². The number of nitrogens with zero attached hydrogens (tertiary/aromatic N) is 2. The Balaban J connectivity index is 1.56. The molecule has 0 aromatic rings. The fourth-order valence-electron chi connectivity index (χ4n) is 3.21. The van der Waals surface area contributed by atoms with Crippen molar-refractivity contribution in [1.82, 2.24) is 9.80 Å². The van der Waals surface area contributed by atoms with E-state index in [4.69, 9.17) is 5.73 Å². The summed E-state index contributed by atoms with van der Waals surface area (Å²) in [7, 11) is 2.25. The predicted molar refractivity (Wildman–Crippen MR) is 61.9 cm³/mol. The number of carbonyl (C=O) groups excluding carboxylic acids is 1. The molecule has 0 unspecified atom stereocenters. The molecular weight excluding hydrogens is 202 g/mol. The Morgan fingerprint density at radius 2 is 2.00 bits per heavy atom. The van der Waals surface area contributed by atoms with Crippen molar-refractivity contribution in [2.75, 3.05) is 26.7 Å². The number of amides is 1. The third-order valence-electron chi connectivity index (χ3n) is 4.89. The van der Waals surface area contributed by atoms with Crippen LogP contribution in [-0.2, 0) is 4.79 Å². The minimum Gasteiger partial charge on any atom is -0.369 e. The van der Waals surface area contributed by atoms with E-state index in [1.54, 1.807) is 0 Å². The van der Waals surface area contributed by atoms with E-state index in [2.05, 4.69) is 16.8 Å². The molecular formula is C12H21N3O. The van der Waals surface area contributed by atoms with Gasteiger partial charge in [0.25, 0.3) is 0 Å². The smallest absolute Gasteiger partial charge is 0.220 e. The number of likely N-dealkylation sites (N-methyl/N-ethyl adjacent to an activating group) is 1. The third kappa shape index (κ3) is 1.55. The molecule has 0 bridgehead atoms. The van der Waals surface area contributed by atoms with Crippen molar-refractivity contribution in [1.29, 1.82) is 0 Å². The Kier molecular flexibility index (Phi) is 2.27. The fourth-order valence-corrected chi connectivity index (χ4v) is 3.21. The van der Waals surface area contributed by atoms with Gasteiger partial charge in [-0.25, -0.2) is 0 Å². The van der Waals surface area contributed by atoms with Crippen LogP contribution >= 0.6 is 0 Å². The Morgan fingerprint density at radius 1 is 1.31 bits per heavy atom. The molecule has 2 N–H and O–H groups in total. The van der Waals surface area contributed by atoms with Gasteiger partial charge in [-0.15, -0.1) is 0 Å². The molecule has 4 heteroatoms. The van der Waals surface area contributed by atoms with Crippen LogP contribution in [0.1, 0.15) is 25.7 Å². The molecule has 4 nitrogen and oxygen atoms in total. The maximum atomic E-state index is 11.0. The number of piperazine rings is 1. The van der Waals surface area contributed by atoms with Crippen LogP contribution in [0.25, 0.3) is 0 Å². The lowest BCUT2D eigenvalue weighted by Crippen LogP contribution is -2.59. The van der Waals surface area contributed by atoms with Crippen molar-refractivity contribution < 1.29 is 4.79 Å². The Morgan fingerprint density at radius 3 is 2.56 bits per heavy atom. The molecule has 16 heavy (non-hydrogen) atoms. The second kappa shape index (κ2) is 3.44. The minimum atomic E-state index is -0.105. The number of primary amides is 1. The summed E-state index contributed by atoms with van der Waals surface area (Å²) < 4.78 is 0. The molecule has 0 radical (unpaired) electrons. The summed E-state index contributed by atoms with van der Waals surface area (Å²) in [5.41, 5.74) is 5.81. The highest BCUT2D eigenvalue weighted by Gasteiger charge is 2.51. The summed E-state index contributed by atoms with van der Waals surface area (Å²) in [5.74, 6) is 0.0475. The Bertz CT molecular complexity index is 307. The summed E-state index contributed by atoms with van der Waals surface area (Å²) in [4.78, 5) is 16.1. The van der Waals surface area contributed by atoms with Crippen LogP contribution in [-0.4, -0.2) is 54.0 Å². The summed E-state index contributed by atoms with van der Waals surface area (Å²) in [6.07, 6.45) is 4.70. The highest BCUT2D eigenvalue weighted by molar-refractivity contribution is 5.77. The van der Waals surface area contributed by atoms with Crippen molar-refractivity contribution in [2.45, 2.75) is 37.3 Å². The second-order valence-corrected chi connectivity index (χ2v) is 5.84. The van der Waals surface area contributed by atoms with E-state index in [0.717, 1.165) is 19.4 Å². The average Bonchev–Trinajstić information content (AvgIpc) is 2.89. The first-order valence-corrected chi connectivity index (χ1v) is 6.35. The van der Waals surface area contributed by atoms with Crippen LogP contribution in [0, 0.1) is 5.92 Å². The average molecular weight is 223 g/mol. The van der Waals surface area contributed by atoms with Crippen molar-refractivity contribution in [3.05, 3.63) is 0 Å². The molecule has 1 amide bonds. The summed E-state index contributed by atoms with van der Waals surface area (Å²) in [6.45, 7) is 3.55. The normalized spacial score (nSPS) is 38.3. The van der Waals surface area contributed by atoms with Gasteiger partial charge in [0, 0.05) is 37.1 Å². The molecule has 1 spiro atoms. The first-order chi connectivity index (χ1) is 7.61. The van der Waals surface area contributed by atoms with Crippen molar-refractivity contribution in [3.8, 4) is 0 Å². The van der Waals surface area contributed by atoms with Gasteiger partial charge in [-0.2, -0.15) is 0 Å². The molecule has 2 aliphatic carbocycles. The van der Waals surface area contributed by atoms with Crippen LogP contribution in [0.4, 0.5) is 0 Å². The van der Waals surface area contributed by atoms with Gasteiger partial charge >= 0.3 is 0 Å². The van der Waals surface area contributed by atoms with Gasteiger partial charge in [-0.1, -0.05) is 0 Å². The first kappa shape index (κ1) is 10.5.